The summed E-state index contributed by atoms with van der Waals surface area (Å²) in [5, 5.41) is 8.97. The van der Waals surface area contributed by atoms with Crippen molar-refractivity contribution in [1.29, 1.82) is 0 Å². The first kappa shape index (κ1) is 19.5. The number of fused-ring (bicyclic) bond motifs is 1. The first-order valence-corrected chi connectivity index (χ1v) is 10.2. The van der Waals surface area contributed by atoms with Crippen LogP contribution in [0.4, 0.5) is 0 Å². The van der Waals surface area contributed by atoms with Gasteiger partial charge in [-0.25, -0.2) is 4.79 Å². The third-order valence-corrected chi connectivity index (χ3v) is 6.01. The molecule has 1 unspecified atom stereocenters. The Balaban J connectivity index is 1.85. The molecule has 2 aromatic carbocycles. The van der Waals surface area contributed by atoms with Gasteiger partial charge in [0.15, 0.2) is 0 Å². The lowest BCUT2D eigenvalue weighted by Crippen LogP contribution is -2.28. The van der Waals surface area contributed by atoms with Crippen LogP contribution in [0.5, 0.6) is 0 Å². The second kappa shape index (κ2) is 8.65. The summed E-state index contributed by atoms with van der Waals surface area (Å²) in [6.07, 6.45) is 2.31. The first-order valence-electron chi connectivity index (χ1n) is 9.22. The van der Waals surface area contributed by atoms with Gasteiger partial charge < -0.3 is 9.84 Å². The van der Waals surface area contributed by atoms with Crippen LogP contribution < -0.4 is 0 Å². The molecule has 0 aliphatic carbocycles. The Kier molecular flexibility index (Phi) is 6.26. The first-order chi connectivity index (χ1) is 13.0. The summed E-state index contributed by atoms with van der Waals surface area (Å²) in [6, 6.07) is 13.1. The highest BCUT2D eigenvalue weighted by atomic mass is 32.2. The summed E-state index contributed by atoms with van der Waals surface area (Å²) >= 11 is 1.90. The maximum absolute atomic E-state index is 10.9. The van der Waals surface area contributed by atoms with Gasteiger partial charge >= 0.3 is 5.97 Å². The van der Waals surface area contributed by atoms with E-state index in [0.717, 1.165) is 36.5 Å². The Morgan fingerprint density at radius 1 is 1.19 bits per heavy atom. The molecule has 1 heterocycles. The fourth-order valence-electron chi connectivity index (χ4n) is 3.31. The van der Waals surface area contributed by atoms with E-state index < -0.39 is 5.97 Å². The molecule has 2 aromatic rings. The maximum Gasteiger partial charge on any atom is 0.335 e. The molecule has 4 heteroatoms. The third kappa shape index (κ3) is 4.74. The van der Waals surface area contributed by atoms with E-state index in [-0.39, 0.29) is 11.0 Å². The molecule has 3 rings (SSSR count). The van der Waals surface area contributed by atoms with Crippen molar-refractivity contribution >= 4 is 17.7 Å². The number of carboxylic acid groups (broad SMARTS) is 1. The highest BCUT2D eigenvalue weighted by Gasteiger charge is 2.31. The van der Waals surface area contributed by atoms with Gasteiger partial charge in [-0.2, -0.15) is 0 Å². The van der Waals surface area contributed by atoms with E-state index in [1.165, 1.54) is 16.9 Å². The molecule has 27 heavy (non-hydrogen) atoms. The molecule has 0 bridgehead atoms. The molecule has 1 atom stereocenters. The minimum Gasteiger partial charge on any atom is -0.478 e. The minimum absolute atomic E-state index is 0.0491. The van der Waals surface area contributed by atoms with Gasteiger partial charge in [0, 0.05) is 28.0 Å². The van der Waals surface area contributed by atoms with Crippen molar-refractivity contribution in [3.63, 3.8) is 0 Å². The van der Waals surface area contributed by atoms with E-state index in [9.17, 15) is 4.79 Å². The Morgan fingerprint density at radius 3 is 2.59 bits per heavy atom. The average molecular weight is 381 g/mol. The largest absolute Gasteiger partial charge is 0.478 e. The van der Waals surface area contributed by atoms with Gasteiger partial charge in [-0.1, -0.05) is 24.8 Å². The van der Waals surface area contributed by atoms with Crippen molar-refractivity contribution in [3.05, 3.63) is 64.7 Å². The summed E-state index contributed by atoms with van der Waals surface area (Å²) in [4.78, 5) is 12.2. The number of carboxylic acids is 1. The molecular formula is C23H24O3S. The molecular weight excluding hydrogens is 356 g/mol. The minimum atomic E-state index is -0.924. The molecule has 0 spiro atoms. The van der Waals surface area contributed by atoms with Crippen LogP contribution in [0.2, 0.25) is 0 Å². The van der Waals surface area contributed by atoms with Gasteiger partial charge in [0.05, 0.1) is 12.2 Å². The summed E-state index contributed by atoms with van der Waals surface area (Å²) in [5.41, 5.74) is 3.46. The van der Waals surface area contributed by atoms with Gasteiger partial charge in [0.2, 0.25) is 0 Å². The molecule has 1 aliphatic heterocycles. The van der Waals surface area contributed by atoms with Crippen LogP contribution in [0.25, 0.3) is 0 Å². The number of aromatic carboxylic acids is 1. The number of hydrogen-bond acceptors (Lipinski definition) is 3. The Hall–Kier alpha value is -2.22. The molecule has 3 nitrogen and oxygen atoms in total. The number of thioether (sulfide) groups is 1. The smallest absolute Gasteiger partial charge is 0.335 e. The van der Waals surface area contributed by atoms with Gasteiger partial charge in [-0.15, -0.1) is 11.8 Å². The number of carbonyl (C=O) groups is 1. The molecule has 140 valence electrons. The van der Waals surface area contributed by atoms with E-state index in [4.69, 9.17) is 9.84 Å². The molecule has 0 aromatic heterocycles. The number of ether oxygens (including phenoxy) is 1. The van der Waals surface area contributed by atoms with Gasteiger partial charge in [-0.3, -0.25) is 0 Å². The lowest BCUT2D eigenvalue weighted by Gasteiger charge is -2.29. The van der Waals surface area contributed by atoms with E-state index in [1.807, 2.05) is 18.7 Å². The Bertz CT molecular complexity index is 877. The molecule has 1 aliphatic rings. The Labute approximate surface area is 165 Å². The van der Waals surface area contributed by atoms with Crippen molar-refractivity contribution < 1.29 is 14.6 Å². The maximum atomic E-state index is 10.9. The van der Waals surface area contributed by atoms with Crippen molar-refractivity contribution in [2.24, 2.45) is 0 Å². The van der Waals surface area contributed by atoms with Crippen LogP contribution >= 0.6 is 11.8 Å². The number of hydrogen-bond donors (Lipinski definition) is 1. The molecule has 0 saturated carbocycles. The zero-order valence-electron chi connectivity index (χ0n) is 15.7. The molecule has 0 radical (unpaired) electrons. The SMILES string of the molecule is CCOCC1(C)CCCSc2cc(C#Cc3ccc(C(=O)O)cc3)ccc21. The lowest BCUT2D eigenvalue weighted by atomic mass is 9.79. The van der Waals surface area contributed by atoms with Gasteiger partial charge in [0.1, 0.15) is 0 Å². The van der Waals surface area contributed by atoms with E-state index >= 15 is 0 Å². The molecule has 0 fully saturated rings. The highest BCUT2D eigenvalue weighted by molar-refractivity contribution is 7.99. The summed E-state index contributed by atoms with van der Waals surface area (Å²) in [7, 11) is 0. The lowest BCUT2D eigenvalue weighted by molar-refractivity contribution is 0.0697. The number of benzene rings is 2. The monoisotopic (exact) mass is 380 g/mol. The highest BCUT2D eigenvalue weighted by Crippen LogP contribution is 2.40. The topological polar surface area (TPSA) is 46.5 Å². The van der Waals surface area contributed by atoms with Crippen LogP contribution in [0.3, 0.4) is 0 Å². The fraction of sp³-hybridized carbons (Fsp3) is 0.348. The standard InChI is InChI=1S/C23H24O3S/c1-3-26-16-23(2)13-4-14-27-21-15-18(9-12-20(21)23)6-5-17-7-10-19(11-8-17)22(24)25/h7-12,15H,3-4,13-14,16H2,1-2H3,(H,24,25). The van der Waals surface area contributed by atoms with E-state index in [2.05, 4.69) is 37.0 Å². The Morgan fingerprint density at radius 2 is 1.89 bits per heavy atom. The van der Waals surface area contributed by atoms with Crippen molar-refractivity contribution in [3.8, 4) is 11.8 Å². The summed E-state index contributed by atoms with van der Waals surface area (Å²) in [5.74, 6) is 6.53. The van der Waals surface area contributed by atoms with Crippen molar-refractivity contribution in [2.45, 2.75) is 37.0 Å². The van der Waals surface area contributed by atoms with Crippen molar-refractivity contribution in [1.82, 2.24) is 0 Å². The zero-order chi connectivity index (χ0) is 19.3. The van der Waals surface area contributed by atoms with E-state index in [0.29, 0.717) is 0 Å². The predicted octanol–water partition coefficient (Wildman–Crippen LogP) is 4.96. The summed E-state index contributed by atoms with van der Waals surface area (Å²) < 4.78 is 5.77. The normalized spacial score (nSPS) is 18.7. The van der Waals surface area contributed by atoms with Crippen LogP contribution in [0, 0.1) is 11.8 Å². The second-order valence-corrected chi connectivity index (χ2v) is 8.13. The van der Waals surface area contributed by atoms with Crippen LogP contribution in [0.15, 0.2) is 47.4 Å². The van der Waals surface area contributed by atoms with Gasteiger partial charge in [-0.05, 0) is 67.5 Å². The summed E-state index contributed by atoms with van der Waals surface area (Å²) in [6.45, 7) is 5.82. The van der Waals surface area contributed by atoms with Crippen LogP contribution in [-0.2, 0) is 10.2 Å². The van der Waals surface area contributed by atoms with Crippen molar-refractivity contribution in [2.75, 3.05) is 19.0 Å². The fourth-order valence-corrected chi connectivity index (χ4v) is 4.50. The average Bonchev–Trinajstić information content (AvgIpc) is 2.84. The predicted molar refractivity (Wildman–Crippen MR) is 110 cm³/mol. The van der Waals surface area contributed by atoms with E-state index in [1.54, 1.807) is 24.3 Å². The zero-order valence-corrected chi connectivity index (χ0v) is 16.6. The quantitative estimate of drug-likeness (QED) is 0.761. The van der Waals surface area contributed by atoms with Gasteiger partial charge in [0.25, 0.3) is 0 Å². The molecule has 0 saturated heterocycles. The number of rotatable bonds is 4. The second-order valence-electron chi connectivity index (χ2n) is 6.99. The molecule has 0 amide bonds. The van der Waals surface area contributed by atoms with Crippen LogP contribution in [0.1, 0.15) is 53.7 Å². The third-order valence-electron chi connectivity index (χ3n) is 4.87. The molecule has 1 N–H and O–H groups in total. The van der Waals surface area contributed by atoms with Crippen LogP contribution in [-0.4, -0.2) is 30.0 Å².